The Bertz CT molecular complexity index is 1450. The van der Waals surface area contributed by atoms with E-state index in [1.165, 1.54) is 24.3 Å². The molecule has 3 aromatic rings. The maximum absolute atomic E-state index is 13.7. The number of rotatable bonds is 7. The fourth-order valence-electron chi connectivity index (χ4n) is 5.92. The van der Waals surface area contributed by atoms with E-state index in [4.69, 9.17) is 11.6 Å². The minimum Gasteiger partial charge on any atom is -0.390 e. The summed E-state index contributed by atoms with van der Waals surface area (Å²) in [6, 6.07) is 6.68. The molecule has 4 N–H and O–H groups in total. The molecule has 2 saturated carbocycles. The number of aliphatic hydroxyl groups is 2. The summed E-state index contributed by atoms with van der Waals surface area (Å²) in [5.74, 6) is -3.27. The topological polar surface area (TPSA) is 132 Å². The fraction of sp³-hybridized carbons (Fsp3) is 0.385. The lowest BCUT2D eigenvalue weighted by Crippen LogP contribution is -2.56. The van der Waals surface area contributed by atoms with Gasteiger partial charge in [-0.15, -0.1) is 0 Å². The Kier molecular flexibility index (Phi) is 7.06. The van der Waals surface area contributed by atoms with Crippen LogP contribution in [0.25, 0.3) is 0 Å². The van der Waals surface area contributed by atoms with Gasteiger partial charge in [0, 0.05) is 36.1 Å². The number of halogens is 3. The Morgan fingerprint density at radius 2 is 1.87 bits per heavy atom. The molecular weight excluding hydrogens is 540 g/mol. The number of hydrogen-bond acceptors (Lipinski definition) is 6. The number of nitrogens with one attached hydrogen (secondary N) is 2. The Balaban J connectivity index is 1.36. The number of aliphatic hydroxyl groups excluding tert-OH is 1. The molecule has 2 fully saturated rings. The van der Waals surface area contributed by atoms with Crippen molar-refractivity contribution < 1.29 is 32.2 Å². The van der Waals surface area contributed by atoms with Crippen molar-refractivity contribution in [2.45, 2.75) is 54.0 Å². The van der Waals surface area contributed by atoms with Crippen LogP contribution in [-0.4, -0.2) is 51.5 Å². The average molecular weight is 566 g/mol. The lowest BCUT2D eigenvalue weighted by atomic mass is 9.70. The normalized spacial score (nSPS) is 25.8. The average Bonchev–Trinajstić information content (AvgIpc) is 3.42. The van der Waals surface area contributed by atoms with E-state index in [1.807, 2.05) is 0 Å². The summed E-state index contributed by atoms with van der Waals surface area (Å²) in [6.07, 6.45) is 3.61. The number of H-pyrrole nitrogens is 1. The molecule has 5 rings (SSSR count). The molecule has 0 aliphatic heterocycles. The second kappa shape index (κ2) is 10.0. The van der Waals surface area contributed by atoms with Crippen LogP contribution in [0.5, 0.6) is 0 Å². The summed E-state index contributed by atoms with van der Waals surface area (Å²) in [4.78, 5) is 19.5. The predicted octanol–water partition coefficient (Wildman–Crippen LogP) is 3.89. The molecule has 202 valence electrons. The molecule has 12 heteroatoms. The van der Waals surface area contributed by atoms with E-state index >= 15 is 0 Å². The lowest BCUT2D eigenvalue weighted by molar-refractivity contribution is -0.141. The number of sulfone groups is 1. The van der Waals surface area contributed by atoms with Gasteiger partial charge in [-0.3, -0.25) is 4.79 Å². The van der Waals surface area contributed by atoms with Crippen molar-refractivity contribution in [3.05, 3.63) is 76.8 Å². The maximum atomic E-state index is 13.7. The number of nitrogens with zero attached hydrogens (tertiary/aromatic N) is 1. The molecule has 2 aliphatic carbocycles. The molecule has 0 radical (unpaired) electrons. The highest BCUT2D eigenvalue weighted by atomic mass is 35.5. The zero-order chi connectivity index (χ0) is 27.2. The molecule has 8 nitrogen and oxygen atoms in total. The molecule has 2 bridgehead atoms. The van der Waals surface area contributed by atoms with Gasteiger partial charge >= 0.3 is 0 Å². The summed E-state index contributed by atoms with van der Waals surface area (Å²) in [6.45, 7) is 0. The molecule has 2 aliphatic rings. The summed E-state index contributed by atoms with van der Waals surface area (Å²) >= 11 is 6.28. The zero-order valence-electron chi connectivity index (χ0n) is 20.1. The number of fused-ring (bicyclic) bond motifs is 2. The van der Waals surface area contributed by atoms with E-state index in [9.17, 15) is 32.2 Å². The van der Waals surface area contributed by atoms with Gasteiger partial charge in [0.25, 0.3) is 5.91 Å². The van der Waals surface area contributed by atoms with Gasteiger partial charge in [0.15, 0.2) is 21.5 Å². The minimum absolute atomic E-state index is 0.00417. The van der Waals surface area contributed by atoms with Crippen molar-refractivity contribution in [1.82, 2.24) is 9.97 Å². The standard InChI is InChI=1S/C26H26ClF2N3O5S/c27-19-5-1-14(25(34)32-17-4-6-20(28)21(29)12-17)9-22(19)38(36,37)18-10-15-2-3-16(11-18)26(15,35)23(33)13-24-30-7-8-31-24/h1,4-9,12,15-16,18,23,33,35H,2-3,10-11,13H2,(H,30,31)(H,32,34)/t15-,16?,18?,23?,26?/m0/s1. The van der Waals surface area contributed by atoms with E-state index in [1.54, 1.807) is 12.4 Å². The van der Waals surface area contributed by atoms with Gasteiger partial charge in [-0.2, -0.15) is 0 Å². The van der Waals surface area contributed by atoms with Gasteiger partial charge in [0.2, 0.25) is 0 Å². The molecule has 0 spiro atoms. The molecule has 0 saturated heterocycles. The van der Waals surface area contributed by atoms with Gasteiger partial charge in [-0.1, -0.05) is 11.6 Å². The third-order valence-electron chi connectivity index (χ3n) is 7.86. The molecule has 5 atom stereocenters. The zero-order valence-corrected chi connectivity index (χ0v) is 21.6. The first-order valence-electron chi connectivity index (χ1n) is 12.2. The summed E-state index contributed by atoms with van der Waals surface area (Å²) in [7, 11) is -4.02. The molecule has 4 unspecified atom stereocenters. The summed E-state index contributed by atoms with van der Waals surface area (Å²) in [5.41, 5.74) is -1.46. The number of benzene rings is 2. The fourth-order valence-corrected chi connectivity index (χ4v) is 8.32. The second-order valence-corrected chi connectivity index (χ2v) is 12.6. The van der Waals surface area contributed by atoms with Gasteiger partial charge in [0.05, 0.1) is 26.9 Å². The quantitative estimate of drug-likeness (QED) is 0.344. The van der Waals surface area contributed by atoms with Gasteiger partial charge in [-0.25, -0.2) is 22.2 Å². The van der Waals surface area contributed by atoms with E-state index < -0.39 is 56.2 Å². The second-order valence-electron chi connectivity index (χ2n) is 9.98. The number of hydrogen-bond donors (Lipinski definition) is 4. The van der Waals surface area contributed by atoms with Crippen LogP contribution in [0.15, 0.2) is 53.7 Å². The van der Waals surface area contributed by atoms with Crippen LogP contribution in [0.1, 0.15) is 41.9 Å². The SMILES string of the molecule is O=C(Nc1ccc(F)c(F)c1)c1ccc(Cl)c(S(=O)(=O)C2CC3CC[C@@H](C2)C3(O)C(O)Cc2ncc[nH]2)c1. The van der Waals surface area contributed by atoms with Crippen molar-refractivity contribution in [2.75, 3.05) is 5.32 Å². The molecule has 1 amide bonds. The van der Waals surface area contributed by atoms with E-state index in [0.717, 1.165) is 12.1 Å². The van der Waals surface area contributed by atoms with Crippen LogP contribution in [0.3, 0.4) is 0 Å². The first-order chi connectivity index (χ1) is 18.0. The van der Waals surface area contributed by atoms with Crippen molar-refractivity contribution in [1.29, 1.82) is 0 Å². The number of aromatic nitrogens is 2. The van der Waals surface area contributed by atoms with Crippen molar-refractivity contribution in [3.8, 4) is 0 Å². The number of aromatic amines is 1. The maximum Gasteiger partial charge on any atom is 0.255 e. The highest BCUT2D eigenvalue weighted by Gasteiger charge is 2.59. The molecule has 2 aromatic carbocycles. The van der Waals surface area contributed by atoms with Crippen molar-refractivity contribution in [3.63, 3.8) is 0 Å². The first kappa shape index (κ1) is 26.7. The van der Waals surface area contributed by atoms with Gasteiger partial charge in [0.1, 0.15) is 5.82 Å². The van der Waals surface area contributed by atoms with E-state index in [2.05, 4.69) is 15.3 Å². The van der Waals surface area contributed by atoms with Crippen molar-refractivity contribution in [2.24, 2.45) is 11.8 Å². The number of imidazole rings is 1. The van der Waals surface area contributed by atoms with Gasteiger partial charge < -0.3 is 20.5 Å². The summed E-state index contributed by atoms with van der Waals surface area (Å²) < 4.78 is 54.1. The molecule has 1 heterocycles. The number of anilines is 1. The largest absolute Gasteiger partial charge is 0.390 e. The van der Waals surface area contributed by atoms with Crippen LogP contribution in [-0.2, 0) is 16.3 Å². The van der Waals surface area contributed by atoms with Crippen LogP contribution >= 0.6 is 11.6 Å². The minimum atomic E-state index is -4.02. The van der Waals surface area contributed by atoms with Crippen LogP contribution in [0, 0.1) is 23.5 Å². The Morgan fingerprint density at radius 3 is 2.50 bits per heavy atom. The number of amides is 1. The third kappa shape index (κ3) is 4.72. The van der Waals surface area contributed by atoms with Gasteiger partial charge in [-0.05, 0) is 67.9 Å². The number of carbonyl (C=O) groups is 1. The molecule has 38 heavy (non-hydrogen) atoms. The Labute approximate surface area is 223 Å². The van der Waals surface area contributed by atoms with Crippen LogP contribution < -0.4 is 5.32 Å². The van der Waals surface area contributed by atoms with Crippen LogP contribution in [0.2, 0.25) is 5.02 Å². The van der Waals surface area contributed by atoms with E-state index in [-0.39, 0.29) is 40.4 Å². The predicted molar refractivity (Wildman–Crippen MR) is 135 cm³/mol. The summed E-state index contributed by atoms with van der Waals surface area (Å²) in [5, 5.41) is 23.9. The van der Waals surface area contributed by atoms with Crippen molar-refractivity contribution >= 4 is 33.0 Å². The Morgan fingerprint density at radius 1 is 1.16 bits per heavy atom. The van der Waals surface area contributed by atoms with Crippen LogP contribution in [0.4, 0.5) is 14.5 Å². The monoisotopic (exact) mass is 565 g/mol. The highest BCUT2D eigenvalue weighted by Crippen LogP contribution is 2.53. The highest BCUT2D eigenvalue weighted by molar-refractivity contribution is 7.92. The number of carbonyl (C=O) groups excluding carboxylic acids is 1. The smallest absolute Gasteiger partial charge is 0.255 e. The third-order valence-corrected chi connectivity index (χ3v) is 10.5. The Hall–Kier alpha value is -2.86. The molecular formula is C26H26ClF2N3O5S. The lowest BCUT2D eigenvalue weighted by Gasteiger charge is -2.45. The van der Waals surface area contributed by atoms with E-state index in [0.29, 0.717) is 18.7 Å². The first-order valence-corrected chi connectivity index (χ1v) is 14.1. The molecule has 1 aromatic heterocycles.